The van der Waals surface area contributed by atoms with Gasteiger partial charge < -0.3 is 15.1 Å². The molecule has 27 heavy (non-hydrogen) atoms. The van der Waals surface area contributed by atoms with Gasteiger partial charge in [-0.3, -0.25) is 14.4 Å². The molecule has 0 bridgehead atoms. The number of nitrogens with one attached hydrogen (secondary N) is 1. The fourth-order valence-corrected chi connectivity index (χ4v) is 4.52. The molecule has 0 aliphatic carbocycles. The zero-order valence-corrected chi connectivity index (χ0v) is 16.9. The van der Waals surface area contributed by atoms with E-state index in [0.29, 0.717) is 30.9 Å². The summed E-state index contributed by atoms with van der Waals surface area (Å²) in [5.74, 6) is -0.432. The van der Waals surface area contributed by atoms with Crippen molar-refractivity contribution < 1.29 is 14.4 Å². The number of hydrogen-bond donors (Lipinski definition) is 1. The van der Waals surface area contributed by atoms with E-state index in [2.05, 4.69) is 5.32 Å². The third-order valence-electron chi connectivity index (χ3n) is 4.60. The predicted molar refractivity (Wildman–Crippen MR) is 107 cm³/mol. The molecule has 1 aliphatic heterocycles. The van der Waals surface area contributed by atoms with E-state index in [-0.39, 0.29) is 24.3 Å². The molecular weight excluding hydrogens is 382 g/mol. The second-order valence-corrected chi connectivity index (χ2v) is 8.32. The topological polar surface area (TPSA) is 69.7 Å². The lowest BCUT2D eigenvalue weighted by atomic mass is 10.2. The Morgan fingerprint density at radius 3 is 2.67 bits per heavy atom. The van der Waals surface area contributed by atoms with Gasteiger partial charge in [0.05, 0.1) is 18.0 Å². The molecule has 2 aromatic heterocycles. The molecule has 1 unspecified atom stereocenters. The van der Waals surface area contributed by atoms with Crippen LogP contribution in [0.1, 0.15) is 34.3 Å². The van der Waals surface area contributed by atoms with Crippen molar-refractivity contribution in [2.24, 2.45) is 0 Å². The summed E-state index contributed by atoms with van der Waals surface area (Å²) < 4.78 is 0. The van der Waals surface area contributed by atoms with Crippen LogP contribution in [-0.2, 0) is 16.1 Å². The minimum Gasteiger partial charge on any atom is -0.350 e. The molecule has 1 aliphatic rings. The molecule has 3 rings (SSSR count). The number of thiophene rings is 2. The zero-order valence-electron chi connectivity index (χ0n) is 15.2. The van der Waals surface area contributed by atoms with Gasteiger partial charge in [0.1, 0.15) is 6.04 Å². The van der Waals surface area contributed by atoms with Gasteiger partial charge in [0.2, 0.25) is 11.8 Å². The van der Waals surface area contributed by atoms with Crippen LogP contribution in [0.4, 0.5) is 0 Å². The standard InChI is InChI=1S/C19H23N3O3S2/c1-2-21(13-17(23)20-12-14-6-4-10-26-14)18(24)15-7-3-9-22(15)19(25)16-8-5-11-27-16/h4-6,8,10-11,15H,2-3,7,9,12-13H2,1H3,(H,20,23). The maximum atomic E-state index is 13.0. The van der Waals surface area contributed by atoms with Crippen LogP contribution < -0.4 is 5.32 Å². The normalized spacial score (nSPS) is 16.3. The molecule has 8 heteroatoms. The Morgan fingerprint density at radius 1 is 1.22 bits per heavy atom. The summed E-state index contributed by atoms with van der Waals surface area (Å²) in [5.41, 5.74) is 0. The molecule has 1 fully saturated rings. The molecule has 1 saturated heterocycles. The van der Waals surface area contributed by atoms with Crippen molar-refractivity contribution in [3.05, 3.63) is 44.8 Å². The van der Waals surface area contributed by atoms with Crippen LogP contribution in [0, 0.1) is 0 Å². The summed E-state index contributed by atoms with van der Waals surface area (Å²) >= 11 is 2.96. The van der Waals surface area contributed by atoms with Crippen molar-refractivity contribution in [1.29, 1.82) is 0 Å². The zero-order chi connectivity index (χ0) is 19.2. The highest BCUT2D eigenvalue weighted by Crippen LogP contribution is 2.23. The maximum absolute atomic E-state index is 13.0. The van der Waals surface area contributed by atoms with Crippen LogP contribution >= 0.6 is 22.7 Å². The Balaban J connectivity index is 1.59. The van der Waals surface area contributed by atoms with E-state index < -0.39 is 6.04 Å². The number of rotatable bonds is 7. The van der Waals surface area contributed by atoms with Crippen LogP contribution in [0.3, 0.4) is 0 Å². The van der Waals surface area contributed by atoms with Crippen molar-refractivity contribution in [3.8, 4) is 0 Å². The number of carbonyl (C=O) groups excluding carboxylic acids is 3. The molecule has 1 N–H and O–H groups in total. The minimum atomic E-state index is -0.482. The summed E-state index contributed by atoms with van der Waals surface area (Å²) in [6.45, 7) is 3.34. The van der Waals surface area contributed by atoms with E-state index in [1.54, 1.807) is 22.3 Å². The minimum absolute atomic E-state index is 0.0121. The average Bonchev–Trinajstić information content (AvgIpc) is 3.44. The molecule has 0 radical (unpaired) electrons. The second kappa shape index (κ2) is 9.14. The van der Waals surface area contributed by atoms with Gasteiger partial charge in [-0.2, -0.15) is 0 Å². The third-order valence-corrected chi connectivity index (χ3v) is 6.33. The smallest absolute Gasteiger partial charge is 0.264 e. The van der Waals surface area contributed by atoms with Gasteiger partial charge in [-0.25, -0.2) is 0 Å². The second-order valence-electron chi connectivity index (χ2n) is 6.34. The Bertz CT molecular complexity index is 774. The molecule has 0 spiro atoms. The number of amides is 3. The first-order chi connectivity index (χ1) is 13.1. The van der Waals surface area contributed by atoms with Crippen molar-refractivity contribution in [2.75, 3.05) is 19.6 Å². The summed E-state index contributed by atoms with van der Waals surface area (Å²) in [4.78, 5) is 42.8. The van der Waals surface area contributed by atoms with Crippen molar-refractivity contribution in [3.63, 3.8) is 0 Å². The average molecular weight is 406 g/mol. The highest BCUT2D eigenvalue weighted by molar-refractivity contribution is 7.12. The summed E-state index contributed by atoms with van der Waals surface area (Å²) in [6, 6.07) is 7.03. The van der Waals surface area contributed by atoms with Crippen LogP contribution in [0.25, 0.3) is 0 Å². The highest BCUT2D eigenvalue weighted by atomic mass is 32.1. The molecule has 0 aromatic carbocycles. The quantitative estimate of drug-likeness (QED) is 0.770. The lowest BCUT2D eigenvalue weighted by molar-refractivity contribution is -0.139. The van der Waals surface area contributed by atoms with Crippen LogP contribution in [0.2, 0.25) is 0 Å². The van der Waals surface area contributed by atoms with Gasteiger partial charge in [0, 0.05) is 18.0 Å². The molecule has 144 valence electrons. The Kier molecular flexibility index (Phi) is 6.63. The predicted octanol–water partition coefficient (Wildman–Crippen LogP) is 2.58. The number of hydrogen-bond acceptors (Lipinski definition) is 5. The van der Waals surface area contributed by atoms with Crippen molar-refractivity contribution in [1.82, 2.24) is 15.1 Å². The summed E-state index contributed by atoms with van der Waals surface area (Å²) in [6.07, 6.45) is 1.44. The SMILES string of the molecule is CCN(CC(=O)NCc1cccs1)C(=O)C1CCCN1C(=O)c1cccs1. The first-order valence-corrected chi connectivity index (χ1v) is 10.8. The van der Waals surface area contributed by atoms with Crippen LogP contribution in [0.5, 0.6) is 0 Å². The Morgan fingerprint density at radius 2 is 2.00 bits per heavy atom. The third kappa shape index (κ3) is 4.75. The number of nitrogens with zero attached hydrogens (tertiary/aromatic N) is 2. The number of carbonyl (C=O) groups is 3. The number of likely N-dealkylation sites (N-methyl/N-ethyl adjacent to an activating group) is 1. The van der Waals surface area contributed by atoms with Gasteiger partial charge in [0.15, 0.2) is 0 Å². The largest absolute Gasteiger partial charge is 0.350 e. The summed E-state index contributed by atoms with van der Waals surface area (Å²) in [7, 11) is 0. The lowest BCUT2D eigenvalue weighted by Gasteiger charge is -2.29. The lowest BCUT2D eigenvalue weighted by Crippen LogP contribution is -2.50. The van der Waals surface area contributed by atoms with Gasteiger partial charge >= 0.3 is 0 Å². The first kappa shape index (κ1) is 19.6. The molecule has 3 heterocycles. The van der Waals surface area contributed by atoms with E-state index in [1.165, 1.54) is 16.2 Å². The van der Waals surface area contributed by atoms with E-state index in [4.69, 9.17) is 0 Å². The maximum Gasteiger partial charge on any atom is 0.264 e. The van der Waals surface area contributed by atoms with E-state index in [1.807, 2.05) is 35.9 Å². The Labute approximate surface area is 166 Å². The van der Waals surface area contributed by atoms with Gasteiger partial charge in [-0.1, -0.05) is 12.1 Å². The van der Waals surface area contributed by atoms with E-state index in [0.717, 1.165) is 11.3 Å². The number of likely N-dealkylation sites (tertiary alicyclic amines) is 1. The fraction of sp³-hybridized carbons (Fsp3) is 0.421. The highest BCUT2D eigenvalue weighted by Gasteiger charge is 2.37. The molecule has 1 atom stereocenters. The molecule has 3 amide bonds. The monoisotopic (exact) mass is 405 g/mol. The van der Waals surface area contributed by atoms with Crippen LogP contribution in [0.15, 0.2) is 35.0 Å². The van der Waals surface area contributed by atoms with Gasteiger partial charge in [0.25, 0.3) is 5.91 Å². The van der Waals surface area contributed by atoms with E-state index in [9.17, 15) is 14.4 Å². The molecular formula is C19H23N3O3S2. The van der Waals surface area contributed by atoms with Crippen LogP contribution in [-0.4, -0.2) is 53.2 Å². The van der Waals surface area contributed by atoms with Crippen molar-refractivity contribution >= 4 is 40.4 Å². The van der Waals surface area contributed by atoms with Gasteiger partial charge in [-0.05, 0) is 42.7 Å². The van der Waals surface area contributed by atoms with Crippen molar-refractivity contribution in [2.45, 2.75) is 32.4 Å². The van der Waals surface area contributed by atoms with Gasteiger partial charge in [-0.15, -0.1) is 22.7 Å². The first-order valence-electron chi connectivity index (χ1n) is 9.02. The molecule has 2 aromatic rings. The molecule has 0 saturated carbocycles. The fourth-order valence-electron chi connectivity index (χ4n) is 3.19. The Hall–Kier alpha value is -2.19. The van der Waals surface area contributed by atoms with E-state index >= 15 is 0 Å². The molecule has 6 nitrogen and oxygen atoms in total. The summed E-state index contributed by atoms with van der Waals surface area (Å²) in [5, 5.41) is 6.67.